The summed E-state index contributed by atoms with van der Waals surface area (Å²) in [6, 6.07) is 6.89. The standard InChI is InChI=1S/C16H19NO3/c18-15-13-10-6-7-11-14(13)16(19)17(15)20-12-8-4-2-1-3-5-9-12/h6-7,10-12H,1-5,8-9H2. The second-order valence-corrected chi connectivity index (χ2v) is 5.52. The summed E-state index contributed by atoms with van der Waals surface area (Å²) in [7, 11) is 0. The molecule has 1 aliphatic carbocycles. The Balaban J connectivity index is 1.72. The summed E-state index contributed by atoms with van der Waals surface area (Å²) in [4.78, 5) is 30.2. The lowest BCUT2D eigenvalue weighted by Gasteiger charge is -2.23. The van der Waals surface area contributed by atoms with Gasteiger partial charge in [0.15, 0.2) is 0 Å². The summed E-state index contributed by atoms with van der Waals surface area (Å²) < 4.78 is 0. The van der Waals surface area contributed by atoms with E-state index in [1.54, 1.807) is 24.3 Å². The van der Waals surface area contributed by atoms with E-state index in [4.69, 9.17) is 4.84 Å². The smallest absolute Gasteiger partial charge is 0.266 e. The lowest BCUT2D eigenvalue weighted by molar-refractivity contribution is -0.138. The average Bonchev–Trinajstić information content (AvgIpc) is 2.67. The molecule has 0 spiro atoms. The molecule has 0 unspecified atom stereocenters. The minimum Gasteiger partial charge on any atom is -0.266 e. The molecule has 0 radical (unpaired) electrons. The first-order valence-electron chi connectivity index (χ1n) is 7.42. The zero-order valence-corrected chi connectivity index (χ0v) is 11.5. The van der Waals surface area contributed by atoms with Crippen LogP contribution in [0.25, 0.3) is 0 Å². The van der Waals surface area contributed by atoms with E-state index in [-0.39, 0.29) is 17.9 Å². The molecule has 1 aromatic rings. The van der Waals surface area contributed by atoms with Crippen molar-refractivity contribution in [1.82, 2.24) is 5.06 Å². The van der Waals surface area contributed by atoms with Gasteiger partial charge in [-0.2, -0.15) is 0 Å². The van der Waals surface area contributed by atoms with Crippen LogP contribution in [0.2, 0.25) is 0 Å². The van der Waals surface area contributed by atoms with Crippen LogP contribution in [0.1, 0.15) is 65.7 Å². The molecule has 106 valence electrons. The van der Waals surface area contributed by atoms with Crippen LogP contribution in [-0.2, 0) is 4.84 Å². The molecule has 1 saturated carbocycles. The van der Waals surface area contributed by atoms with E-state index in [2.05, 4.69) is 0 Å². The monoisotopic (exact) mass is 273 g/mol. The fourth-order valence-electron chi connectivity index (χ4n) is 2.94. The van der Waals surface area contributed by atoms with Gasteiger partial charge >= 0.3 is 0 Å². The zero-order chi connectivity index (χ0) is 13.9. The fourth-order valence-corrected chi connectivity index (χ4v) is 2.94. The van der Waals surface area contributed by atoms with Crippen molar-refractivity contribution in [3.63, 3.8) is 0 Å². The maximum Gasteiger partial charge on any atom is 0.285 e. The molecule has 0 aromatic heterocycles. The third-order valence-electron chi connectivity index (χ3n) is 4.06. The summed E-state index contributed by atoms with van der Waals surface area (Å²) in [5.41, 5.74) is 0.895. The molecule has 0 N–H and O–H groups in total. The van der Waals surface area contributed by atoms with Gasteiger partial charge in [0.2, 0.25) is 0 Å². The number of rotatable bonds is 2. The van der Waals surface area contributed by atoms with Crippen LogP contribution in [0.3, 0.4) is 0 Å². The molecule has 1 aliphatic heterocycles. The number of hydroxylamine groups is 2. The predicted molar refractivity (Wildman–Crippen MR) is 74.1 cm³/mol. The van der Waals surface area contributed by atoms with Crippen LogP contribution in [0.15, 0.2) is 24.3 Å². The van der Waals surface area contributed by atoms with Crippen molar-refractivity contribution in [2.45, 2.75) is 51.0 Å². The SMILES string of the molecule is O=C1c2ccccc2C(=O)N1OC1CCCCCCC1. The lowest BCUT2D eigenvalue weighted by atomic mass is 9.99. The molecule has 0 bridgehead atoms. The number of hydrogen-bond donors (Lipinski definition) is 0. The van der Waals surface area contributed by atoms with Crippen molar-refractivity contribution in [1.29, 1.82) is 0 Å². The Morgan fingerprint density at radius 2 is 1.35 bits per heavy atom. The van der Waals surface area contributed by atoms with E-state index < -0.39 is 0 Å². The maximum atomic E-state index is 12.2. The number of carbonyl (C=O) groups is 2. The van der Waals surface area contributed by atoms with Crippen molar-refractivity contribution in [2.75, 3.05) is 0 Å². The van der Waals surface area contributed by atoms with Gasteiger partial charge in [0.1, 0.15) is 0 Å². The van der Waals surface area contributed by atoms with Crippen LogP contribution >= 0.6 is 0 Å². The third kappa shape index (κ3) is 2.48. The molecular weight excluding hydrogens is 254 g/mol. The Kier molecular flexibility index (Phi) is 3.83. The lowest BCUT2D eigenvalue weighted by Crippen LogP contribution is -2.34. The molecule has 1 fully saturated rings. The van der Waals surface area contributed by atoms with Crippen LogP contribution in [0, 0.1) is 0 Å². The first-order valence-corrected chi connectivity index (χ1v) is 7.42. The Bertz CT molecular complexity index is 483. The van der Waals surface area contributed by atoms with Gasteiger partial charge in [-0.3, -0.25) is 14.4 Å². The second kappa shape index (κ2) is 5.75. The molecule has 3 rings (SSSR count). The van der Waals surface area contributed by atoms with Crippen LogP contribution in [-0.4, -0.2) is 23.0 Å². The molecule has 4 nitrogen and oxygen atoms in total. The molecule has 20 heavy (non-hydrogen) atoms. The first-order chi connectivity index (χ1) is 9.77. The average molecular weight is 273 g/mol. The fraction of sp³-hybridized carbons (Fsp3) is 0.500. The minimum absolute atomic E-state index is 0.0162. The van der Waals surface area contributed by atoms with E-state index >= 15 is 0 Å². The summed E-state index contributed by atoms with van der Waals surface area (Å²) in [6.07, 6.45) is 7.74. The van der Waals surface area contributed by atoms with Gasteiger partial charge in [0.25, 0.3) is 11.8 Å². The highest BCUT2D eigenvalue weighted by Gasteiger charge is 2.37. The molecule has 1 aromatic carbocycles. The molecular formula is C16H19NO3. The number of carbonyl (C=O) groups excluding carboxylic acids is 2. The van der Waals surface area contributed by atoms with Crippen LogP contribution < -0.4 is 0 Å². The van der Waals surface area contributed by atoms with Gasteiger partial charge in [0.05, 0.1) is 17.2 Å². The zero-order valence-electron chi connectivity index (χ0n) is 11.5. The maximum absolute atomic E-state index is 12.2. The van der Waals surface area contributed by atoms with E-state index in [1.165, 1.54) is 19.3 Å². The molecule has 2 amide bonds. The van der Waals surface area contributed by atoms with Gasteiger partial charge in [-0.25, -0.2) is 0 Å². The molecule has 4 heteroatoms. The van der Waals surface area contributed by atoms with E-state index in [0.29, 0.717) is 11.1 Å². The van der Waals surface area contributed by atoms with Crippen molar-refractivity contribution in [3.05, 3.63) is 35.4 Å². The van der Waals surface area contributed by atoms with Gasteiger partial charge < -0.3 is 0 Å². The van der Waals surface area contributed by atoms with Crippen molar-refractivity contribution in [3.8, 4) is 0 Å². The molecule has 0 atom stereocenters. The van der Waals surface area contributed by atoms with Crippen LogP contribution in [0.5, 0.6) is 0 Å². The number of benzene rings is 1. The predicted octanol–water partition coefficient (Wildman–Crippen LogP) is 3.33. The van der Waals surface area contributed by atoms with Crippen molar-refractivity contribution >= 4 is 11.8 Å². The Morgan fingerprint density at radius 1 is 0.850 bits per heavy atom. The Hall–Kier alpha value is -1.68. The third-order valence-corrected chi connectivity index (χ3v) is 4.06. The highest BCUT2D eigenvalue weighted by molar-refractivity contribution is 6.20. The summed E-state index contributed by atoms with van der Waals surface area (Å²) in [6.45, 7) is 0. The number of nitrogens with zero attached hydrogens (tertiary/aromatic N) is 1. The largest absolute Gasteiger partial charge is 0.285 e. The number of hydrogen-bond acceptors (Lipinski definition) is 3. The highest BCUT2D eigenvalue weighted by atomic mass is 16.7. The molecule has 0 saturated heterocycles. The first kappa shape index (κ1) is 13.3. The summed E-state index contributed by atoms with van der Waals surface area (Å²) in [5.74, 6) is -0.652. The summed E-state index contributed by atoms with van der Waals surface area (Å²) in [5, 5.41) is 0.969. The topological polar surface area (TPSA) is 46.6 Å². The molecule has 2 aliphatic rings. The quantitative estimate of drug-likeness (QED) is 0.776. The number of fused-ring (bicyclic) bond motifs is 1. The van der Waals surface area contributed by atoms with Crippen molar-refractivity contribution in [2.24, 2.45) is 0 Å². The van der Waals surface area contributed by atoms with Crippen LogP contribution in [0.4, 0.5) is 0 Å². The minimum atomic E-state index is -0.326. The highest BCUT2D eigenvalue weighted by Crippen LogP contribution is 2.26. The second-order valence-electron chi connectivity index (χ2n) is 5.52. The van der Waals surface area contributed by atoms with Gasteiger partial charge in [0, 0.05) is 0 Å². The number of amides is 2. The van der Waals surface area contributed by atoms with Gasteiger partial charge in [-0.1, -0.05) is 44.2 Å². The summed E-state index contributed by atoms with van der Waals surface area (Å²) >= 11 is 0. The molecule has 1 heterocycles. The normalized spacial score (nSPS) is 20.7. The van der Waals surface area contributed by atoms with Crippen molar-refractivity contribution < 1.29 is 14.4 Å². The van der Waals surface area contributed by atoms with Gasteiger partial charge in [-0.15, -0.1) is 5.06 Å². The Labute approximate surface area is 118 Å². The Morgan fingerprint density at radius 3 is 1.90 bits per heavy atom. The van der Waals surface area contributed by atoms with E-state index in [1.807, 2.05) is 0 Å². The van der Waals surface area contributed by atoms with E-state index in [0.717, 1.165) is 30.7 Å². The number of imide groups is 1. The van der Waals surface area contributed by atoms with Gasteiger partial charge in [-0.05, 0) is 25.0 Å². The van der Waals surface area contributed by atoms with E-state index in [9.17, 15) is 9.59 Å².